The fraction of sp³-hybridized carbons (Fsp3) is 1.00. The van der Waals surface area contributed by atoms with Gasteiger partial charge in [0.2, 0.25) is 0 Å². The Morgan fingerprint density at radius 1 is 1.06 bits per heavy atom. The first kappa shape index (κ1) is 16.9. The summed E-state index contributed by atoms with van der Waals surface area (Å²) in [5.41, 5.74) is 6.15. The minimum atomic E-state index is 0.357. The van der Waals surface area contributed by atoms with Gasteiger partial charge in [0.15, 0.2) is 0 Å². The van der Waals surface area contributed by atoms with Crippen LogP contribution in [0.4, 0.5) is 0 Å². The van der Waals surface area contributed by atoms with Gasteiger partial charge in [-0.2, -0.15) is 0 Å². The molecule has 0 aromatic carbocycles. The van der Waals surface area contributed by atoms with Gasteiger partial charge < -0.3 is 11.1 Å². The molecule has 0 aliphatic carbocycles. The van der Waals surface area contributed by atoms with Crippen LogP contribution in [-0.2, 0) is 0 Å². The van der Waals surface area contributed by atoms with E-state index in [1.165, 1.54) is 12.8 Å². The van der Waals surface area contributed by atoms with Crippen LogP contribution in [0.2, 0.25) is 0 Å². The third kappa shape index (κ3) is 8.62. The van der Waals surface area contributed by atoms with E-state index in [0.717, 1.165) is 31.3 Å². The largest absolute Gasteiger partial charge is 0.328 e. The molecule has 0 spiro atoms. The number of nitrogens with one attached hydrogen (secondary N) is 1. The zero-order valence-electron chi connectivity index (χ0n) is 12.8. The van der Waals surface area contributed by atoms with Crippen molar-refractivity contribution in [1.29, 1.82) is 0 Å². The lowest BCUT2D eigenvalue weighted by Crippen LogP contribution is -2.35. The normalized spacial score (nSPS) is 16.2. The summed E-state index contributed by atoms with van der Waals surface area (Å²) in [4.78, 5) is 0. The van der Waals surface area contributed by atoms with Crippen molar-refractivity contribution < 1.29 is 0 Å². The minimum absolute atomic E-state index is 0.357. The average molecular weight is 242 g/mol. The summed E-state index contributed by atoms with van der Waals surface area (Å²) in [5, 5.41) is 3.61. The van der Waals surface area contributed by atoms with Crippen LogP contribution in [0.25, 0.3) is 0 Å². The van der Waals surface area contributed by atoms with Crippen molar-refractivity contribution in [2.24, 2.45) is 23.0 Å². The first-order valence-corrected chi connectivity index (χ1v) is 7.22. The molecule has 0 rings (SSSR count). The van der Waals surface area contributed by atoms with Crippen LogP contribution >= 0.6 is 0 Å². The van der Waals surface area contributed by atoms with Gasteiger partial charge in [0.25, 0.3) is 0 Å². The highest BCUT2D eigenvalue weighted by Gasteiger charge is 2.21. The molecule has 2 heteroatoms. The van der Waals surface area contributed by atoms with Crippen LogP contribution in [0, 0.1) is 17.3 Å². The van der Waals surface area contributed by atoms with Gasteiger partial charge in [-0.1, -0.05) is 41.0 Å². The van der Waals surface area contributed by atoms with Gasteiger partial charge in [-0.15, -0.1) is 0 Å². The molecular formula is C15H34N2. The first-order chi connectivity index (χ1) is 7.75. The molecule has 0 amide bonds. The highest BCUT2D eigenvalue weighted by molar-refractivity contribution is 4.75. The molecule has 3 N–H and O–H groups in total. The lowest BCUT2D eigenvalue weighted by atomic mass is 9.81. The fourth-order valence-electron chi connectivity index (χ4n) is 1.74. The summed E-state index contributed by atoms with van der Waals surface area (Å²) in [6, 6.07) is 0.357. The molecule has 0 radical (unpaired) electrons. The molecule has 2 nitrogen and oxygen atoms in total. The third-order valence-corrected chi connectivity index (χ3v) is 3.99. The molecule has 0 fully saturated rings. The summed E-state index contributed by atoms with van der Waals surface area (Å²) in [6.07, 6.45) is 3.70. The predicted octanol–water partition coefficient (Wildman–Crippen LogP) is 3.41. The van der Waals surface area contributed by atoms with Crippen molar-refractivity contribution in [2.45, 2.75) is 66.8 Å². The Bertz CT molecular complexity index is 185. The first-order valence-electron chi connectivity index (χ1n) is 7.22. The summed E-state index contributed by atoms with van der Waals surface area (Å²) in [5.74, 6) is 1.49. The Morgan fingerprint density at radius 3 is 2.12 bits per heavy atom. The SMILES string of the molecule is CC(N)CCCC(C)CNCC(C)(C)C(C)C. The molecule has 0 aromatic rings. The van der Waals surface area contributed by atoms with Gasteiger partial charge in [0.05, 0.1) is 0 Å². The number of nitrogens with two attached hydrogens (primary N) is 1. The summed E-state index contributed by atoms with van der Waals surface area (Å²) in [7, 11) is 0. The maximum atomic E-state index is 5.75. The van der Waals surface area contributed by atoms with E-state index >= 15 is 0 Å². The molecule has 0 aliphatic heterocycles. The lowest BCUT2D eigenvalue weighted by Gasteiger charge is -2.30. The molecule has 104 valence electrons. The van der Waals surface area contributed by atoms with E-state index in [0.29, 0.717) is 11.5 Å². The van der Waals surface area contributed by atoms with Crippen molar-refractivity contribution in [3.63, 3.8) is 0 Å². The molecule has 0 heterocycles. The second kappa shape index (κ2) is 8.10. The monoisotopic (exact) mass is 242 g/mol. The van der Waals surface area contributed by atoms with Crippen molar-refractivity contribution in [2.75, 3.05) is 13.1 Å². The quantitative estimate of drug-likeness (QED) is 0.650. The Kier molecular flexibility index (Phi) is 8.06. The van der Waals surface area contributed by atoms with E-state index in [4.69, 9.17) is 5.73 Å². The average Bonchev–Trinajstić information content (AvgIpc) is 2.16. The Labute approximate surface area is 109 Å². The fourth-order valence-corrected chi connectivity index (χ4v) is 1.74. The molecule has 0 aliphatic rings. The van der Waals surface area contributed by atoms with E-state index < -0.39 is 0 Å². The zero-order valence-corrected chi connectivity index (χ0v) is 12.8. The molecule has 2 unspecified atom stereocenters. The van der Waals surface area contributed by atoms with Crippen molar-refractivity contribution in [1.82, 2.24) is 5.32 Å². The second-order valence-electron chi connectivity index (χ2n) is 6.79. The van der Waals surface area contributed by atoms with Crippen LogP contribution in [0.1, 0.15) is 60.8 Å². The van der Waals surface area contributed by atoms with Gasteiger partial charge >= 0.3 is 0 Å². The second-order valence-corrected chi connectivity index (χ2v) is 6.79. The van der Waals surface area contributed by atoms with Crippen LogP contribution in [-0.4, -0.2) is 19.1 Å². The Hall–Kier alpha value is -0.0800. The molecular weight excluding hydrogens is 208 g/mol. The van der Waals surface area contributed by atoms with Crippen LogP contribution in [0.5, 0.6) is 0 Å². The van der Waals surface area contributed by atoms with Gasteiger partial charge in [-0.05, 0) is 43.6 Å². The molecule has 0 aromatic heterocycles. The summed E-state index contributed by atoms with van der Waals surface area (Å²) in [6.45, 7) is 15.9. The Morgan fingerprint density at radius 2 is 1.65 bits per heavy atom. The van der Waals surface area contributed by atoms with Gasteiger partial charge in [-0.25, -0.2) is 0 Å². The topological polar surface area (TPSA) is 38.0 Å². The number of hydrogen-bond acceptors (Lipinski definition) is 2. The minimum Gasteiger partial charge on any atom is -0.328 e. The van der Waals surface area contributed by atoms with E-state index in [-0.39, 0.29) is 0 Å². The number of hydrogen-bond donors (Lipinski definition) is 2. The maximum absolute atomic E-state index is 5.75. The van der Waals surface area contributed by atoms with Crippen LogP contribution < -0.4 is 11.1 Å². The van der Waals surface area contributed by atoms with Gasteiger partial charge in [0, 0.05) is 12.6 Å². The standard InChI is InChI=1S/C15H34N2/c1-12(2)15(5,6)11-17-10-13(3)8-7-9-14(4)16/h12-14,17H,7-11,16H2,1-6H3. The maximum Gasteiger partial charge on any atom is 0.00104 e. The van der Waals surface area contributed by atoms with Crippen molar-refractivity contribution >= 4 is 0 Å². The van der Waals surface area contributed by atoms with Crippen LogP contribution in [0.15, 0.2) is 0 Å². The summed E-state index contributed by atoms with van der Waals surface area (Å²) >= 11 is 0. The third-order valence-electron chi connectivity index (χ3n) is 3.99. The smallest absolute Gasteiger partial charge is 0.00104 e. The van der Waals surface area contributed by atoms with Crippen molar-refractivity contribution in [3.05, 3.63) is 0 Å². The highest BCUT2D eigenvalue weighted by Crippen LogP contribution is 2.24. The Balaban J connectivity index is 3.61. The van der Waals surface area contributed by atoms with E-state index in [1.54, 1.807) is 0 Å². The van der Waals surface area contributed by atoms with E-state index in [1.807, 2.05) is 0 Å². The van der Waals surface area contributed by atoms with Gasteiger partial charge in [-0.3, -0.25) is 0 Å². The number of rotatable bonds is 9. The van der Waals surface area contributed by atoms with E-state index in [9.17, 15) is 0 Å². The summed E-state index contributed by atoms with van der Waals surface area (Å²) < 4.78 is 0. The molecule has 0 bridgehead atoms. The zero-order chi connectivity index (χ0) is 13.5. The van der Waals surface area contributed by atoms with Gasteiger partial charge in [0.1, 0.15) is 0 Å². The van der Waals surface area contributed by atoms with Crippen LogP contribution in [0.3, 0.4) is 0 Å². The molecule has 0 saturated heterocycles. The van der Waals surface area contributed by atoms with E-state index in [2.05, 4.69) is 46.9 Å². The highest BCUT2D eigenvalue weighted by atomic mass is 14.9. The molecule has 0 saturated carbocycles. The molecule has 17 heavy (non-hydrogen) atoms. The molecule has 2 atom stereocenters. The van der Waals surface area contributed by atoms with Crippen molar-refractivity contribution in [3.8, 4) is 0 Å². The lowest BCUT2D eigenvalue weighted by molar-refractivity contribution is 0.233. The predicted molar refractivity (Wildman–Crippen MR) is 78.2 cm³/mol.